The van der Waals surface area contributed by atoms with Crippen molar-refractivity contribution in [2.24, 2.45) is 0 Å². The second kappa shape index (κ2) is 4.78. The van der Waals surface area contributed by atoms with Gasteiger partial charge in [-0.15, -0.1) is 0 Å². The fourth-order valence-electron chi connectivity index (χ4n) is 2.18. The van der Waals surface area contributed by atoms with Crippen LogP contribution in [0.25, 0.3) is 11.1 Å². The summed E-state index contributed by atoms with van der Waals surface area (Å²) >= 11 is 0. The average Bonchev–Trinajstić information content (AvgIpc) is 3.02. The summed E-state index contributed by atoms with van der Waals surface area (Å²) in [6.07, 6.45) is 1.65. The number of hydrogen-bond donors (Lipinski definition) is 2. The number of aromatic amines is 1. The highest BCUT2D eigenvalue weighted by molar-refractivity contribution is 5.73. The zero-order valence-corrected chi connectivity index (χ0v) is 10.5. The first-order chi connectivity index (χ1) is 9.28. The third-order valence-corrected chi connectivity index (χ3v) is 3.01. The summed E-state index contributed by atoms with van der Waals surface area (Å²) in [5, 5.41) is 3.35. The largest absolute Gasteiger partial charge is 0.467 e. The third kappa shape index (κ3) is 2.20. The van der Waals surface area contributed by atoms with Gasteiger partial charge in [0.1, 0.15) is 5.76 Å². The maximum atomic E-state index is 11.2. The number of furan rings is 1. The molecule has 98 valence electrons. The smallest absolute Gasteiger partial charge is 0.417 e. The Morgan fingerprint density at radius 3 is 3.00 bits per heavy atom. The van der Waals surface area contributed by atoms with Gasteiger partial charge < -0.3 is 14.2 Å². The highest BCUT2D eigenvalue weighted by Crippen LogP contribution is 2.24. The van der Waals surface area contributed by atoms with Gasteiger partial charge in [-0.1, -0.05) is 13.0 Å². The molecule has 2 heterocycles. The van der Waals surface area contributed by atoms with Gasteiger partial charge in [0, 0.05) is 0 Å². The molecule has 0 spiro atoms. The fourth-order valence-corrected chi connectivity index (χ4v) is 2.18. The van der Waals surface area contributed by atoms with E-state index in [4.69, 9.17) is 8.83 Å². The lowest BCUT2D eigenvalue weighted by Gasteiger charge is -2.15. The molecule has 0 aliphatic heterocycles. The van der Waals surface area contributed by atoms with Gasteiger partial charge in [-0.2, -0.15) is 0 Å². The molecule has 0 aliphatic rings. The van der Waals surface area contributed by atoms with Crippen LogP contribution in [0.2, 0.25) is 0 Å². The first-order valence-electron chi connectivity index (χ1n) is 6.17. The Morgan fingerprint density at radius 1 is 1.37 bits per heavy atom. The van der Waals surface area contributed by atoms with Gasteiger partial charge in [0.2, 0.25) is 0 Å². The van der Waals surface area contributed by atoms with Gasteiger partial charge in [0.15, 0.2) is 5.58 Å². The number of fused-ring (bicyclic) bond motifs is 1. The van der Waals surface area contributed by atoms with Crippen molar-refractivity contribution in [1.82, 2.24) is 10.3 Å². The van der Waals surface area contributed by atoms with Crippen LogP contribution in [-0.2, 0) is 0 Å². The third-order valence-electron chi connectivity index (χ3n) is 3.01. The molecular formula is C14H14N2O3. The van der Waals surface area contributed by atoms with Gasteiger partial charge in [-0.25, -0.2) is 4.79 Å². The maximum absolute atomic E-state index is 11.2. The van der Waals surface area contributed by atoms with Crippen LogP contribution in [0.3, 0.4) is 0 Å². The highest BCUT2D eigenvalue weighted by atomic mass is 16.4. The molecule has 19 heavy (non-hydrogen) atoms. The van der Waals surface area contributed by atoms with Crippen molar-refractivity contribution in [3.8, 4) is 0 Å². The van der Waals surface area contributed by atoms with E-state index in [2.05, 4.69) is 10.3 Å². The topological polar surface area (TPSA) is 71.2 Å². The molecular weight excluding hydrogens is 244 g/mol. The lowest BCUT2D eigenvalue weighted by Crippen LogP contribution is -2.21. The highest BCUT2D eigenvalue weighted by Gasteiger charge is 2.16. The van der Waals surface area contributed by atoms with Gasteiger partial charge in [-0.05, 0) is 36.4 Å². The molecule has 0 fully saturated rings. The van der Waals surface area contributed by atoms with Crippen molar-refractivity contribution in [3.63, 3.8) is 0 Å². The van der Waals surface area contributed by atoms with Gasteiger partial charge in [0.05, 0.1) is 17.8 Å². The van der Waals surface area contributed by atoms with Crippen molar-refractivity contribution < 1.29 is 8.83 Å². The zero-order valence-electron chi connectivity index (χ0n) is 10.5. The quantitative estimate of drug-likeness (QED) is 0.753. The molecule has 2 aromatic heterocycles. The van der Waals surface area contributed by atoms with Crippen LogP contribution in [0.15, 0.2) is 50.2 Å². The van der Waals surface area contributed by atoms with Crippen molar-refractivity contribution in [2.45, 2.75) is 13.0 Å². The Bertz CT molecular complexity index is 725. The molecule has 1 aromatic carbocycles. The van der Waals surface area contributed by atoms with Crippen LogP contribution >= 0.6 is 0 Å². The van der Waals surface area contributed by atoms with Crippen LogP contribution in [0.4, 0.5) is 0 Å². The fraction of sp³-hybridized carbons (Fsp3) is 0.214. The standard InChI is InChI=1S/C14H14N2O3/c1-2-15-13(11-4-3-7-18-11)9-5-6-10-12(8-9)19-14(17)16-10/h3-8,13,15H,2H2,1H3,(H,16,17). The molecule has 3 aromatic rings. The molecule has 0 aliphatic carbocycles. The number of rotatable bonds is 4. The van der Waals surface area contributed by atoms with Crippen LogP contribution < -0.4 is 11.1 Å². The lowest BCUT2D eigenvalue weighted by atomic mass is 10.0. The van der Waals surface area contributed by atoms with Crippen molar-refractivity contribution >= 4 is 11.1 Å². The van der Waals surface area contributed by atoms with E-state index in [9.17, 15) is 4.79 Å². The number of aromatic nitrogens is 1. The van der Waals surface area contributed by atoms with E-state index in [1.54, 1.807) is 6.26 Å². The predicted octanol–water partition coefficient (Wildman–Crippen LogP) is 2.41. The van der Waals surface area contributed by atoms with Crippen LogP contribution in [0, 0.1) is 0 Å². The molecule has 1 atom stereocenters. The van der Waals surface area contributed by atoms with Crippen LogP contribution in [0.1, 0.15) is 24.3 Å². The summed E-state index contributed by atoms with van der Waals surface area (Å²) in [4.78, 5) is 13.8. The summed E-state index contributed by atoms with van der Waals surface area (Å²) in [6.45, 7) is 2.84. The van der Waals surface area contributed by atoms with Crippen molar-refractivity contribution in [3.05, 3.63) is 58.5 Å². The van der Waals surface area contributed by atoms with Crippen molar-refractivity contribution in [2.75, 3.05) is 6.54 Å². The minimum absolute atomic E-state index is 0.0513. The Kier molecular flexibility index (Phi) is 2.97. The molecule has 0 bridgehead atoms. The minimum atomic E-state index is -0.440. The monoisotopic (exact) mass is 258 g/mol. The maximum Gasteiger partial charge on any atom is 0.417 e. The second-order valence-electron chi connectivity index (χ2n) is 4.28. The summed E-state index contributed by atoms with van der Waals surface area (Å²) in [5.41, 5.74) is 2.24. The van der Waals surface area contributed by atoms with E-state index < -0.39 is 5.76 Å². The molecule has 3 rings (SSSR count). The number of nitrogens with one attached hydrogen (secondary N) is 2. The number of H-pyrrole nitrogens is 1. The molecule has 0 saturated heterocycles. The predicted molar refractivity (Wildman–Crippen MR) is 71.1 cm³/mol. The Hall–Kier alpha value is -2.27. The van der Waals surface area contributed by atoms with Gasteiger partial charge in [0.25, 0.3) is 0 Å². The Morgan fingerprint density at radius 2 is 2.26 bits per heavy atom. The second-order valence-corrected chi connectivity index (χ2v) is 4.28. The van der Waals surface area contributed by atoms with Gasteiger partial charge >= 0.3 is 5.76 Å². The van der Waals surface area contributed by atoms with E-state index in [0.29, 0.717) is 11.1 Å². The number of hydrogen-bond acceptors (Lipinski definition) is 4. The normalized spacial score (nSPS) is 12.9. The molecule has 0 amide bonds. The number of oxazole rings is 1. The lowest BCUT2D eigenvalue weighted by molar-refractivity contribution is 0.452. The molecule has 0 radical (unpaired) electrons. The molecule has 1 unspecified atom stereocenters. The van der Waals surface area contributed by atoms with E-state index >= 15 is 0 Å². The molecule has 0 saturated carbocycles. The summed E-state index contributed by atoms with van der Waals surface area (Å²) in [6, 6.07) is 9.36. The van der Waals surface area contributed by atoms with Gasteiger partial charge in [-0.3, -0.25) is 4.98 Å². The van der Waals surface area contributed by atoms with E-state index in [-0.39, 0.29) is 6.04 Å². The SMILES string of the molecule is CCNC(c1ccc2[nH]c(=O)oc2c1)c1ccco1. The van der Waals surface area contributed by atoms with Crippen LogP contribution in [0.5, 0.6) is 0 Å². The van der Waals surface area contributed by atoms with E-state index in [1.165, 1.54) is 0 Å². The summed E-state index contributed by atoms with van der Waals surface area (Å²) in [5.74, 6) is 0.393. The molecule has 2 N–H and O–H groups in total. The Balaban J connectivity index is 2.06. The first kappa shape index (κ1) is 11.8. The van der Waals surface area contributed by atoms with E-state index in [1.807, 2.05) is 37.3 Å². The van der Waals surface area contributed by atoms with Crippen LogP contribution in [-0.4, -0.2) is 11.5 Å². The average molecular weight is 258 g/mol. The first-order valence-corrected chi connectivity index (χ1v) is 6.17. The minimum Gasteiger partial charge on any atom is -0.467 e. The summed E-state index contributed by atoms with van der Waals surface area (Å²) < 4.78 is 10.5. The molecule has 5 nitrogen and oxygen atoms in total. The van der Waals surface area contributed by atoms with Crippen molar-refractivity contribution in [1.29, 1.82) is 0 Å². The summed E-state index contributed by atoms with van der Waals surface area (Å²) in [7, 11) is 0. The molecule has 5 heteroatoms. The Labute approximate surface area is 109 Å². The zero-order chi connectivity index (χ0) is 13.2. The number of benzene rings is 1. The van der Waals surface area contributed by atoms with E-state index in [0.717, 1.165) is 17.9 Å².